The van der Waals surface area contributed by atoms with Crippen LogP contribution in [0.5, 0.6) is 0 Å². The second-order valence-corrected chi connectivity index (χ2v) is 9.31. The molecule has 0 saturated carbocycles. The molecule has 1 aliphatic heterocycles. The van der Waals surface area contributed by atoms with Gasteiger partial charge in [-0.2, -0.15) is 0 Å². The van der Waals surface area contributed by atoms with E-state index in [1.54, 1.807) is 0 Å². The Hall–Kier alpha value is -2.90. The number of nitrogens with one attached hydrogen (secondary N) is 1. The van der Waals surface area contributed by atoms with E-state index in [0.29, 0.717) is 17.5 Å². The van der Waals surface area contributed by atoms with E-state index in [9.17, 15) is 4.79 Å². The summed E-state index contributed by atoms with van der Waals surface area (Å²) in [5.74, 6) is 0.306. The van der Waals surface area contributed by atoms with Crippen LogP contribution in [0.2, 0.25) is 0 Å². The summed E-state index contributed by atoms with van der Waals surface area (Å²) in [5.41, 5.74) is 5.58. The van der Waals surface area contributed by atoms with E-state index in [-0.39, 0.29) is 5.91 Å². The zero-order valence-electron chi connectivity index (χ0n) is 19.3. The maximum Gasteiger partial charge on any atom is 0.230 e. The Labute approximate surface area is 200 Å². The molecule has 3 aromatic rings. The van der Waals surface area contributed by atoms with Gasteiger partial charge in [-0.25, -0.2) is 9.97 Å². The number of carbonyl (C=O) groups is 1. The number of aromatic nitrogens is 2. The van der Waals surface area contributed by atoms with Gasteiger partial charge in [0, 0.05) is 56.3 Å². The van der Waals surface area contributed by atoms with E-state index in [4.69, 9.17) is 0 Å². The molecule has 4 rings (SSSR count). The lowest BCUT2D eigenvalue weighted by Gasteiger charge is -2.36. The molecule has 0 atom stereocenters. The van der Waals surface area contributed by atoms with Crippen molar-refractivity contribution in [1.29, 1.82) is 0 Å². The third-order valence-corrected chi connectivity index (χ3v) is 6.62. The van der Waals surface area contributed by atoms with Crippen LogP contribution in [0.1, 0.15) is 22.5 Å². The summed E-state index contributed by atoms with van der Waals surface area (Å²) in [6.07, 6.45) is 0. The van der Waals surface area contributed by atoms with Crippen LogP contribution in [0.3, 0.4) is 0 Å². The Balaban J connectivity index is 1.26. The first-order chi connectivity index (χ1) is 16.1. The standard InChI is InChI=1S/C26H31N5OS/c1-20-16-21(2)29-26(28-20)33-19-25(32)27-17-22-8-6-7-9-23(22)18-30-12-14-31(15-13-30)24-10-4-3-5-11-24/h3-11,16H,12-15,17-19H2,1-2H3,(H,27,32). The molecule has 172 valence electrons. The van der Waals surface area contributed by atoms with Crippen LogP contribution in [0.15, 0.2) is 65.8 Å². The number of aryl methyl sites for hydroxylation is 2. The minimum Gasteiger partial charge on any atom is -0.369 e. The van der Waals surface area contributed by atoms with Gasteiger partial charge in [0.1, 0.15) is 0 Å². The van der Waals surface area contributed by atoms with Crippen LogP contribution in [0.4, 0.5) is 5.69 Å². The topological polar surface area (TPSA) is 61.4 Å². The van der Waals surface area contributed by atoms with Crippen LogP contribution in [-0.2, 0) is 17.9 Å². The minimum atomic E-state index is -0.00552. The number of benzene rings is 2. The van der Waals surface area contributed by atoms with Crippen molar-refractivity contribution in [3.05, 3.63) is 83.2 Å². The highest BCUT2D eigenvalue weighted by Gasteiger charge is 2.18. The third-order valence-electron chi connectivity index (χ3n) is 5.78. The summed E-state index contributed by atoms with van der Waals surface area (Å²) in [7, 11) is 0. The molecule has 1 aromatic heterocycles. The molecule has 1 fully saturated rings. The van der Waals surface area contributed by atoms with E-state index in [2.05, 4.69) is 73.6 Å². The van der Waals surface area contributed by atoms with Crippen LogP contribution >= 0.6 is 11.8 Å². The number of amides is 1. The number of hydrogen-bond acceptors (Lipinski definition) is 6. The molecule has 6 nitrogen and oxygen atoms in total. The number of rotatable bonds is 8. The number of para-hydroxylation sites is 1. The molecule has 0 spiro atoms. The molecule has 33 heavy (non-hydrogen) atoms. The Morgan fingerprint density at radius 1 is 0.909 bits per heavy atom. The molecular formula is C26H31N5OS. The average molecular weight is 462 g/mol. The van der Waals surface area contributed by atoms with E-state index >= 15 is 0 Å². The Morgan fingerprint density at radius 2 is 1.55 bits per heavy atom. The number of piperazine rings is 1. The predicted molar refractivity (Wildman–Crippen MR) is 134 cm³/mol. The normalized spacial score (nSPS) is 14.3. The number of thioether (sulfide) groups is 1. The van der Waals surface area contributed by atoms with Crippen molar-refractivity contribution >= 4 is 23.4 Å². The van der Waals surface area contributed by atoms with Crippen molar-refractivity contribution in [2.75, 3.05) is 36.8 Å². The largest absolute Gasteiger partial charge is 0.369 e. The molecule has 2 aromatic carbocycles. The first-order valence-electron chi connectivity index (χ1n) is 11.4. The number of nitrogens with zero attached hydrogens (tertiary/aromatic N) is 4. The van der Waals surface area contributed by atoms with Crippen LogP contribution < -0.4 is 10.2 Å². The van der Waals surface area contributed by atoms with Crippen LogP contribution in [0.25, 0.3) is 0 Å². The highest BCUT2D eigenvalue weighted by Crippen LogP contribution is 2.18. The smallest absolute Gasteiger partial charge is 0.230 e. The maximum absolute atomic E-state index is 12.4. The fourth-order valence-corrected chi connectivity index (χ4v) is 4.84. The minimum absolute atomic E-state index is 0.00552. The van der Waals surface area contributed by atoms with Gasteiger partial charge in [-0.15, -0.1) is 0 Å². The van der Waals surface area contributed by atoms with Crippen molar-refractivity contribution in [2.45, 2.75) is 32.1 Å². The van der Waals surface area contributed by atoms with E-state index in [1.807, 2.05) is 26.0 Å². The molecule has 0 aliphatic carbocycles. The Bertz CT molecular complexity index is 1050. The lowest BCUT2D eigenvalue weighted by Crippen LogP contribution is -2.46. The second kappa shape index (κ2) is 11.3. The van der Waals surface area contributed by atoms with Gasteiger partial charge < -0.3 is 10.2 Å². The lowest BCUT2D eigenvalue weighted by molar-refractivity contribution is -0.118. The van der Waals surface area contributed by atoms with Gasteiger partial charge >= 0.3 is 0 Å². The van der Waals surface area contributed by atoms with Gasteiger partial charge in [-0.05, 0) is 43.2 Å². The molecule has 0 unspecified atom stereocenters. The molecule has 1 amide bonds. The SMILES string of the molecule is Cc1cc(C)nc(SCC(=O)NCc2ccccc2CN2CCN(c3ccccc3)CC2)n1. The van der Waals surface area contributed by atoms with Gasteiger partial charge in [0.2, 0.25) is 5.91 Å². The van der Waals surface area contributed by atoms with E-state index < -0.39 is 0 Å². The van der Waals surface area contributed by atoms with Gasteiger partial charge in [0.25, 0.3) is 0 Å². The molecule has 1 N–H and O–H groups in total. The highest BCUT2D eigenvalue weighted by molar-refractivity contribution is 7.99. The lowest BCUT2D eigenvalue weighted by atomic mass is 10.1. The van der Waals surface area contributed by atoms with Crippen LogP contribution in [-0.4, -0.2) is 52.7 Å². The molecule has 0 bridgehead atoms. The number of carbonyl (C=O) groups excluding carboxylic acids is 1. The number of hydrogen-bond donors (Lipinski definition) is 1. The monoisotopic (exact) mass is 461 g/mol. The molecule has 1 aliphatic rings. The van der Waals surface area contributed by atoms with Crippen molar-refractivity contribution in [3.63, 3.8) is 0 Å². The quantitative estimate of drug-likeness (QED) is 0.406. The first-order valence-corrected chi connectivity index (χ1v) is 12.4. The maximum atomic E-state index is 12.4. The van der Waals surface area contributed by atoms with Gasteiger partial charge in [0.05, 0.1) is 5.75 Å². The van der Waals surface area contributed by atoms with Crippen molar-refractivity contribution in [1.82, 2.24) is 20.2 Å². The summed E-state index contributed by atoms with van der Waals surface area (Å²) in [5, 5.41) is 3.71. The zero-order valence-corrected chi connectivity index (χ0v) is 20.1. The molecule has 0 radical (unpaired) electrons. The summed E-state index contributed by atoms with van der Waals surface area (Å²) in [4.78, 5) is 26.1. The van der Waals surface area contributed by atoms with E-state index in [0.717, 1.165) is 44.1 Å². The van der Waals surface area contributed by atoms with E-state index in [1.165, 1.54) is 28.6 Å². The zero-order chi connectivity index (χ0) is 23.0. The highest BCUT2D eigenvalue weighted by atomic mass is 32.2. The van der Waals surface area contributed by atoms with Crippen molar-refractivity contribution in [3.8, 4) is 0 Å². The Morgan fingerprint density at radius 3 is 2.24 bits per heavy atom. The fraction of sp³-hybridized carbons (Fsp3) is 0.346. The van der Waals surface area contributed by atoms with Gasteiger partial charge in [-0.3, -0.25) is 9.69 Å². The first kappa shape index (κ1) is 23.3. The average Bonchev–Trinajstić information content (AvgIpc) is 2.83. The molecule has 7 heteroatoms. The summed E-state index contributed by atoms with van der Waals surface area (Å²) in [6, 6.07) is 20.9. The molecule has 1 saturated heterocycles. The van der Waals surface area contributed by atoms with Crippen molar-refractivity contribution < 1.29 is 4.79 Å². The fourth-order valence-electron chi connectivity index (χ4n) is 4.06. The van der Waals surface area contributed by atoms with Gasteiger partial charge in [0.15, 0.2) is 5.16 Å². The summed E-state index contributed by atoms with van der Waals surface area (Å²) in [6.45, 7) is 9.44. The summed E-state index contributed by atoms with van der Waals surface area (Å²) >= 11 is 1.38. The predicted octanol–water partition coefficient (Wildman–Crippen LogP) is 3.82. The second-order valence-electron chi connectivity index (χ2n) is 8.37. The van der Waals surface area contributed by atoms with Crippen molar-refractivity contribution in [2.24, 2.45) is 0 Å². The Kier molecular flexibility index (Phi) is 7.96. The number of anilines is 1. The molecular weight excluding hydrogens is 430 g/mol. The third kappa shape index (κ3) is 6.79. The van der Waals surface area contributed by atoms with Gasteiger partial charge in [-0.1, -0.05) is 54.2 Å². The van der Waals surface area contributed by atoms with Crippen LogP contribution in [0, 0.1) is 13.8 Å². The summed E-state index contributed by atoms with van der Waals surface area (Å²) < 4.78 is 0. The molecule has 2 heterocycles.